The molecule has 0 radical (unpaired) electrons. The number of ketones is 2. The van der Waals surface area contributed by atoms with E-state index in [1.165, 1.54) is 35.5 Å². The number of benzene rings is 3. The van der Waals surface area contributed by atoms with Crippen molar-refractivity contribution in [2.45, 2.75) is 83.9 Å². The highest BCUT2D eigenvalue weighted by Crippen LogP contribution is 2.49. The molecule has 2 spiro atoms. The Hall–Kier alpha value is -5.91. The fourth-order valence-corrected chi connectivity index (χ4v) is 11.2. The van der Waals surface area contributed by atoms with Crippen LogP contribution in [0.4, 0.5) is 8.78 Å². The van der Waals surface area contributed by atoms with Crippen molar-refractivity contribution < 1.29 is 47.3 Å². The summed E-state index contributed by atoms with van der Waals surface area (Å²) in [5.74, 6) is -3.26. The fraction of sp³-hybridized carbons (Fsp3) is 0.418. The average Bonchev–Trinajstić information content (AvgIpc) is 3.32. The molecular weight excluding hydrogens is 1020 g/mol. The van der Waals surface area contributed by atoms with Crippen molar-refractivity contribution in [3.05, 3.63) is 160 Å². The maximum atomic E-state index is 14.4. The highest BCUT2D eigenvalue weighted by atomic mass is 35.5. The molecule has 14 nitrogen and oxygen atoms in total. The molecule has 2 amide bonds. The van der Waals surface area contributed by atoms with Gasteiger partial charge in [0.05, 0.1) is 32.3 Å². The number of aromatic hydroxyl groups is 1. The van der Waals surface area contributed by atoms with Crippen LogP contribution in [0.1, 0.15) is 112 Å². The van der Waals surface area contributed by atoms with Gasteiger partial charge in [-0.25, -0.2) is 8.78 Å². The number of likely N-dealkylation sites (N-methyl/N-ethyl adjacent to an activating group) is 2. The predicted molar refractivity (Wildman–Crippen MR) is 282 cm³/mol. The summed E-state index contributed by atoms with van der Waals surface area (Å²) in [4.78, 5) is 82.1. The van der Waals surface area contributed by atoms with E-state index in [0.717, 1.165) is 18.4 Å². The molecule has 4 heterocycles. The third-order valence-electron chi connectivity index (χ3n) is 14.1. The maximum Gasteiger partial charge on any atom is 0.274 e. The van der Waals surface area contributed by atoms with Crippen LogP contribution in [0.3, 0.4) is 0 Å². The van der Waals surface area contributed by atoms with Gasteiger partial charge in [0.15, 0.2) is 34.5 Å². The van der Waals surface area contributed by atoms with Gasteiger partial charge in [-0.15, -0.1) is 12.4 Å². The van der Waals surface area contributed by atoms with E-state index in [2.05, 4.69) is 0 Å². The maximum absolute atomic E-state index is 14.4. The Kier molecular flexibility index (Phi) is 19.3. The third kappa shape index (κ3) is 11.3. The Morgan fingerprint density at radius 3 is 1.55 bits per heavy atom. The number of carbonyl (C=O) groups is 4. The summed E-state index contributed by atoms with van der Waals surface area (Å²) in [5, 5.41) is 10.6. The van der Waals surface area contributed by atoms with Crippen molar-refractivity contribution in [3.63, 3.8) is 0 Å². The monoisotopic (exact) mass is 1080 g/mol. The van der Waals surface area contributed by atoms with E-state index in [1.54, 1.807) is 60.5 Å². The highest BCUT2D eigenvalue weighted by molar-refractivity contribution is 6.31. The number of carbonyl (C=O) groups excluding carboxylic acids is 4. The van der Waals surface area contributed by atoms with Crippen LogP contribution in [0, 0.1) is 23.5 Å². The lowest BCUT2D eigenvalue weighted by Gasteiger charge is -2.54. The fourth-order valence-electron chi connectivity index (χ4n) is 10.8. The van der Waals surface area contributed by atoms with Crippen molar-refractivity contribution in [1.29, 1.82) is 0 Å². The molecule has 1 N–H and O–H groups in total. The standard InChI is InChI=1S/C30H30ClFN2O5.C23H24ClFN2O5.2CH4.ClH/c1-33-18-30(13-20(14-30)16-38-2)34-15-22(24(35)12-11-21-9-6-10-23(31)25(21)32)27(36)28(26(34)29(33)37)39-17-19-7-4-3-5-8-19;1-26-12-23(8-13(9-23)11-32-2)27-10-15(20(29)21(30)19(27)22(26)31)17(28)7-6-14-4-3-5-16(24)18(14)25;;;/h3-10,15,20H,11-14,16-18H2,1-2H3;3-5,10,13,30H,6-9,11-12H2,1-2H3;2*1H4;1H. The van der Waals surface area contributed by atoms with Crippen LogP contribution in [0.15, 0.2) is 88.7 Å². The molecule has 9 rings (SSSR count). The quantitative estimate of drug-likeness (QED) is 0.0998. The summed E-state index contributed by atoms with van der Waals surface area (Å²) in [5.41, 5.74) is -1.37. The molecule has 3 aromatic carbocycles. The molecule has 19 heteroatoms. The summed E-state index contributed by atoms with van der Waals surface area (Å²) < 4.78 is 48.6. The molecule has 0 saturated heterocycles. The molecule has 2 aromatic heterocycles. The number of amides is 2. The SMILES string of the molecule is C.C.COCC1CC2(C1)CN(C)C(=O)c1c(O)c(=O)c(C(=O)CCc3cccc(Cl)c3F)cn12.COCC1CC2(C1)CN(C)C(=O)c1c(OCc3ccccc3)c(=O)c(C(=O)CCc3cccc(Cl)c3F)cn12.Cl. The number of rotatable bonds is 15. The molecule has 0 bridgehead atoms. The molecule has 0 unspecified atom stereocenters. The zero-order valence-corrected chi connectivity index (χ0v) is 42.5. The van der Waals surface area contributed by atoms with Gasteiger partial charge in [0.2, 0.25) is 10.9 Å². The minimum Gasteiger partial charge on any atom is -0.503 e. The van der Waals surface area contributed by atoms with Crippen LogP contribution in [-0.4, -0.2) is 102 Å². The number of aromatic nitrogens is 2. The van der Waals surface area contributed by atoms with Crippen molar-refractivity contribution >= 4 is 59.0 Å². The molecule has 398 valence electrons. The number of hydrogen-bond acceptors (Lipinski definition) is 10. The summed E-state index contributed by atoms with van der Waals surface area (Å²) in [6, 6.07) is 18.5. The number of pyridine rings is 2. The molecule has 2 saturated carbocycles. The van der Waals surface area contributed by atoms with Crippen LogP contribution >= 0.6 is 35.6 Å². The van der Waals surface area contributed by atoms with Crippen LogP contribution < -0.4 is 15.6 Å². The molecule has 2 aliphatic heterocycles. The van der Waals surface area contributed by atoms with Gasteiger partial charge >= 0.3 is 0 Å². The van der Waals surface area contributed by atoms with Crippen LogP contribution in [0.25, 0.3) is 0 Å². The Morgan fingerprint density at radius 2 is 1.09 bits per heavy atom. The van der Waals surface area contributed by atoms with Crippen LogP contribution in [-0.2, 0) is 40.0 Å². The van der Waals surface area contributed by atoms with Crippen LogP contribution in [0.2, 0.25) is 10.0 Å². The van der Waals surface area contributed by atoms with Crippen molar-refractivity contribution in [2.75, 3.05) is 54.6 Å². The summed E-state index contributed by atoms with van der Waals surface area (Å²) in [7, 11) is 6.61. The number of methoxy groups -OCH3 is 2. The van der Waals surface area contributed by atoms with Gasteiger partial charge in [0.1, 0.15) is 18.2 Å². The number of halogens is 5. The average molecular weight is 1080 g/mol. The van der Waals surface area contributed by atoms with Gasteiger partial charge < -0.3 is 38.3 Å². The van der Waals surface area contributed by atoms with Crippen molar-refractivity contribution in [3.8, 4) is 11.5 Å². The smallest absolute Gasteiger partial charge is 0.274 e. The van der Waals surface area contributed by atoms with E-state index < -0.39 is 56.8 Å². The second kappa shape index (κ2) is 24.2. The number of fused-ring (bicyclic) bond motifs is 4. The van der Waals surface area contributed by atoms with Crippen molar-refractivity contribution in [2.24, 2.45) is 11.8 Å². The Bertz CT molecular complexity index is 3030. The molecule has 2 fully saturated rings. The molecule has 74 heavy (non-hydrogen) atoms. The lowest BCUT2D eigenvalue weighted by Crippen LogP contribution is -2.60. The first kappa shape index (κ1) is 59.0. The number of ether oxygens (including phenoxy) is 3. The Balaban J connectivity index is 0.000000268. The molecular formula is C55H63Cl3F2N4O10. The third-order valence-corrected chi connectivity index (χ3v) is 14.7. The number of aryl methyl sites for hydroxylation is 2. The second-order valence-electron chi connectivity index (χ2n) is 19.1. The van der Waals surface area contributed by atoms with Gasteiger partial charge in [-0.2, -0.15) is 0 Å². The zero-order valence-electron chi connectivity index (χ0n) is 40.2. The lowest BCUT2D eigenvalue weighted by atomic mass is 9.67. The summed E-state index contributed by atoms with van der Waals surface area (Å²) in [6.45, 7) is 2.07. The normalized spacial score (nSPS) is 20.1. The summed E-state index contributed by atoms with van der Waals surface area (Å²) in [6.07, 6.45) is 5.63. The van der Waals surface area contributed by atoms with Gasteiger partial charge in [0.25, 0.3) is 11.8 Å². The minimum absolute atomic E-state index is 0. The lowest BCUT2D eigenvalue weighted by molar-refractivity contribution is -0.0192. The van der Waals surface area contributed by atoms with E-state index >= 15 is 0 Å². The minimum atomic E-state index is -0.889. The van der Waals surface area contributed by atoms with E-state index in [-0.39, 0.29) is 115 Å². The van der Waals surface area contributed by atoms with Gasteiger partial charge in [-0.3, -0.25) is 28.8 Å². The molecule has 2 aliphatic carbocycles. The number of Topliss-reactive ketones (excluding diaryl/α,β-unsaturated/α-hetero) is 2. The van der Waals surface area contributed by atoms with Gasteiger partial charge in [-0.1, -0.05) is 92.7 Å². The van der Waals surface area contributed by atoms with E-state index in [4.69, 9.17) is 37.4 Å². The zero-order chi connectivity index (χ0) is 50.9. The molecule has 0 atom stereocenters. The second-order valence-corrected chi connectivity index (χ2v) is 20.0. The van der Waals surface area contributed by atoms with E-state index in [9.17, 15) is 42.7 Å². The van der Waals surface area contributed by atoms with E-state index in [1.807, 2.05) is 30.3 Å². The molecule has 4 aliphatic rings. The van der Waals surface area contributed by atoms with E-state index in [0.29, 0.717) is 50.6 Å². The Labute approximate surface area is 445 Å². The van der Waals surface area contributed by atoms with Gasteiger partial charge in [0, 0.05) is 79.9 Å². The molecule has 5 aromatic rings. The first-order valence-electron chi connectivity index (χ1n) is 23.3. The highest BCUT2D eigenvalue weighted by Gasteiger charge is 2.53. The first-order valence-corrected chi connectivity index (χ1v) is 24.0. The largest absolute Gasteiger partial charge is 0.503 e. The summed E-state index contributed by atoms with van der Waals surface area (Å²) >= 11 is 11.7. The number of hydrogen-bond donors (Lipinski definition) is 1. The van der Waals surface area contributed by atoms with Crippen LogP contribution in [0.5, 0.6) is 11.5 Å². The topological polar surface area (TPSA) is 167 Å². The predicted octanol–water partition coefficient (Wildman–Crippen LogP) is 9.57. The van der Waals surface area contributed by atoms with Crippen molar-refractivity contribution in [1.82, 2.24) is 18.9 Å². The van der Waals surface area contributed by atoms with Gasteiger partial charge in [-0.05, 0) is 79.2 Å². The Morgan fingerprint density at radius 1 is 0.662 bits per heavy atom. The first-order chi connectivity index (χ1) is 33.9. The number of nitrogens with zero attached hydrogens (tertiary/aromatic N) is 4.